The van der Waals surface area contributed by atoms with Gasteiger partial charge in [-0.3, -0.25) is 9.59 Å². The Hall–Kier alpha value is -2.54. The lowest BCUT2D eigenvalue weighted by atomic mass is 10.3. The van der Waals surface area contributed by atoms with Crippen molar-refractivity contribution in [3.8, 4) is 0 Å². The van der Waals surface area contributed by atoms with Crippen LogP contribution >= 0.6 is 0 Å². The minimum absolute atomic E-state index is 0.191. The molecule has 0 fully saturated rings. The molecule has 0 saturated carbocycles. The zero-order chi connectivity index (χ0) is 17.2. The van der Waals surface area contributed by atoms with E-state index in [9.17, 15) is 9.59 Å². The summed E-state index contributed by atoms with van der Waals surface area (Å²) in [7, 11) is 2.02. The standard InChI is InChI=1S/C17H23N3O4/c1-20(10-4-8-18-16(21)14-6-2-12-23-14)11-5-9-19-17(22)15-7-3-13-24-15/h2-3,6-7,12-13H,4-5,8-11H2,1H3,(H,18,21)(H,19,22). The van der Waals surface area contributed by atoms with Gasteiger partial charge in [0.15, 0.2) is 11.5 Å². The molecule has 2 aromatic rings. The molecule has 7 nitrogen and oxygen atoms in total. The third-order valence-corrected chi connectivity index (χ3v) is 3.49. The van der Waals surface area contributed by atoms with Crippen LogP contribution in [0.4, 0.5) is 0 Å². The maximum atomic E-state index is 11.7. The molecule has 0 aliphatic rings. The van der Waals surface area contributed by atoms with Crippen molar-refractivity contribution < 1.29 is 18.4 Å². The Morgan fingerprint density at radius 2 is 1.38 bits per heavy atom. The largest absolute Gasteiger partial charge is 0.459 e. The molecule has 2 aromatic heterocycles. The van der Waals surface area contributed by atoms with Crippen LogP contribution in [0.5, 0.6) is 0 Å². The summed E-state index contributed by atoms with van der Waals surface area (Å²) in [4.78, 5) is 25.5. The molecule has 2 rings (SSSR count). The van der Waals surface area contributed by atoms with Crippen molar-refractivity contribution in [2.75, 3.05) is 33.2 Å². The molecule has 2 N–H and O–H groups in total. The van der Waals surface area contributed by atoms with Crippen LogP contribution in [0.3, 0.4) is 0 Å². The first kappa shape index (κ1) is 17.8. The maximum absolute atomic E-state index is 11.7. The van der Waals surface area contributed by atoms with E-state index in [-0.39, 0.29) is 11.8 Å². The quantitative estimate of drug-likeness (QED) is 0.647. The first-order valence-corrected chi connectivity index (χ1v) is 7.99. The molecule has 130 valence electrons. The summed E-state index contributed by atoms with van der Waals surface area (Å²) < 4.78 is 10.0. The molecule has 0 spiro atoms. The maximum Gasteiger partial charge on any atom is 0.286 e. The topological polar surface area (TPSA) is 87.7 Å². The highest BCUT2D eigenvalue weighted by atomic mass is 16.3. The van der Waals surface area contributed by atoms with Crippen molar-refractivity contribution in [2.45, 2.75) is 12.8 Å². The molecular weight excluding hydrogens is 310 g/mol. The minimum atomic E-state index is -0.191. The van der Waals surface area contributed by atoms with Gasteiger partial charge in [-0.05, 0) is 57.2 Å². The summed E-state index contributed by atoms with van der Waals surface area (Å²) in [6.07, 6.45) is 4.66. The van der Waals surface area contributed by atoms with Gasteiger partial charge < -0.3 is 24.4 Å². The number of nitrogens with one attached hydrogen (secondary N) is 2. The zero-order valence-corrected chi connectivity index (χ0v) is 13.8. The fourth-order valence-electron chi connectivity index (χ4n) is 2.20. The first-order valence-electron chi connectivity index (χ1n) is 7.99. The monoisotopic (exact) mass is 333 g/mol. The van der Waals surface area contributed by atoms with E-state index in [2.05, 4.69) is 15.5 Å². The Kier molecular flexibility index (Phi) is 7.10. The van der Waals surface area contributed by atoms with Gasteiger partial charge in [-0.25, -0.2) is 0 Å². The number of furan rings is 2. The Labute approximate surface area is 141 Å². The van der Waals surface area contributed by atoms with E-state index in [0.717, 1.165) is 25.9 Å². The van der Waals surface area contributed by atoms with Gasteiger partial charge in [0, 0.05) is 13.1 Å². The molecule has 0 unspecified atom stereocenters. The van der Waals surface area contributed by atoms with Gasteiger partial charge >= 0.3 is 0 Å². The molecule has 0 atom stereocenters. The predicted octanol–water partition coefficient (Wildman–Crippen LogP) is 1.74. The van der Waals surface area contributed by atoms with Gasteiger partial charge in [-0.1, -0.05) is 0 Å². The molecule has 2 heterocycles. The highest BCUT2D eigenvalue weighted by molar-refractivity contribution is 5.91. The van der Waals surface area contributed by atoms with Crippen LogP contribution in [0, 0.1) is 0 Å². The average Bonchev–Trinajstić information content (AvgIpc) is 3.28. The first-order chi connectivity index (χ1) is 11.7. The number of nitrogens with zero attached hydrogens (tertiary/aromatic N) is 1. The van der Waals surface area contributed by atoms with Gasteiger partial charge in [0.2, 0.25) is 0 Å². The lowest BCUT2D eigenvalue weighted by Gasteiger charge is -2.16. The number of hydrogen-bond donors (Lipinski definition) is 2. The molecule has 0 aliphatic heterocycles. The Morgan fingerprint density at radius 3 is 1.75 bits per heavy atom. The van der Waals surface area contributed by atoms with Gasteiger partial charge in [-0.15, -0.1) is 0 Å². The number of rotatable bonds is 10. The van der Waals surface area contributed by atoms with E-state index in [1.54, 1.807) is 24.3 Å². The molecular formula is C17H23N3O4. The van der Waals surface area contributed by atoms with Crippen molar-refractivity contribution in [1.82, 2.24) is 15.5 Å². The van der Waals surface area contributed by atoms with Crippen molar-refractivity contribution in [3.63, 3.8) is 0 Å². The van der Waals surface area contributed by atoms with Gasteiger partial charge in [0.05, 0.1) is 12.5 Å². The Bertz CT molecular complexity index is 554. The van der Waals surface area contributed by atoms with Crippen molar-refractivity contribution >= 4 is 11.8 Å². The highest BCUT2D eigenvalue weighted by Gasteiger charge is 2.08. The molecule has 2 amide bonds. The van der Waals surface area contributed by atoms with Crippen molar-refractivity contribution in [3.05, 3.63) is 48.3 Å². The summed E-state index contributed by atoms with van der Waals surface area (Å²) in [6, 6.07) is 6.65. The lowest BCUT2D eigenvalue weighted by Crippen LogP contribution is -2.30. The summed E-state index contributed by atoms with van der Waals surface area (Å²) in [5.41, 5.74) is 0. The predicted molar refractivity (Wildman–Crippen MR) is 88.8 cm³/mol. The zero-order valence-electron chi connectivity index (χ0n) is 13.8. The van der Waals surface area contributed by atoms with E-state index < -0.39 is 0 Å². The second kappa shape index (κ2) is 9.57. The molecule has 24 heavy (non-hydrogen) atoms. The number of carbonyl (C=O) groups is 2. The van der Waals surface area contributed by atoms with Crippen LogP contribution in [0.1, 0.15) is 34.0 Å². The van der Waals surface area contributed by atoms with Crippen LogP contribution in [0.2, 0.25) is 0 Å². The van der Waals surface area contributed by atoms with E-state index in [1.807, 2.05) is 7.05 Å². The number of carbonyl (C=O) groups excluding carboxylic acids is 2. The van der Waals surface area contributed by atoms with Crippen LogP contribution < -0.4 is 10.6 Å². The Balaban J connectivity index is 1.48. The van der Waals surface area contributed by atoms with Crippen LogP contribution in [0.25, 0.3) is 0 Å². The normalized spacial score (nSPS) is 10.8. The molecule has 7 heteroatoms. The summed E-state index contributed by atoms with van der Waals surface area (Å²) in [5, 5.41) is 5.62. The van der Waals surface area contributed by atoms with Crippen LogP contribution in [0.15, 0.2) is 45.6 Å². The molecule has 0 aromatic carbocycles. The summed E-state index contributed by atoms with van der Waals surface area (Å²) >= 11 is 0. The van der Waals surface area contributed by atoms with Crippen molar-refractivity contribution in [1.29, 1.82) is 0 Å². The molecule has 0 bridgehead atoms. The van der Waals surface area contributed by atoms with E-state index >= 15 is 0 Å². The second-order valence-corrected chi connectivity index (χ2v) is 5.48. The third kappa shape index (κ3) is 5.92. The fourth-order valence-corrected chi connectivity index (χ4v) is 2.20. The Morgan fingerprint density at radius 1 is 0.917 bits per heavy atom. The third-order valence-electron chi connectivity index (χ3n) is 3.49. The number of hydrogen-bond acceptors (Lipinski definition) is 5. The van der Waals surface area contributed by atoms with E-state index in [0.29, 0.717) is 24.6 Å². The molecule has 0 radical (unpaired) electrons. The van der Waals surface area contributed by atoms with Gasteiger partial charge in [0.1, 0.15) is 0 Å². The minimum Gasteiger partial charge on any atom is -0.459 e. The van der Waals surface area contributed by atoms with Crippen molar-refractivity contribution in [2.24, 2.45) is 0 Å². The van der Waals surface area contributed by atoms with Gasteiger partial charge in [0.25, 0.3) is 11.8 Å². The summed E-state index contributed by atoms with van der Waals surface area (Å²) in [5.74, 6) is 0.276. The van der Waals surface area contributed by atoms with Crippen LogP contribution in [-0.4, -0.2) is 49.9 Å². The average molecular weight is 333 g/mol. The fraction of sp³-hybridized carbons (Fsp3) is 0.412. The smallest absolute Gasteiger partial charge is 0.286 e. The van der Waals surface area contributed by atoms with Gasteiger partial charge in [-0.2, -0.15) is 0 Å². The van der Waals surface area contributed by atoms with Crippen LogP contribution in [-0.2, 0) is 0 Å². The lowest BCUT2D eigenvalue weighted by molar-refractivity contribution is 0.0919. The highest BCUT2D eigenvalue weighted by Crippen LogP contribution is 2.00. The van der Waals surface area contributed by atoms with E-state index in [4.69, 9.17) is 8.83 Å². The summed E-state index contributed by atoms with van der Waals surface area (Å²) in [6.45, 7) is 2.92. The molecule has 0 aliphatic carbocycles. The molecule has 0 saturated heterocycles. The SMILES string of the molecule is CN(CCCNC(=O)c1ccco1)CCCNC(=O)c1ccco1. The van der Waals surface area contributed by atoms with E-state index in [1.165, 1.54) is 12.5 Å². The second-order valence-electron chi connectivity index (χ2n) is 5.48. The number of amides is 2.